The van der Waals surface area contributed by atoms with Crippen LogP contribution in [-0.4, -0.2) is 67.8 Å². The molecule has 6 nitrogen and oxygen atoms in total. The predicted molar refractivity (Wildman–Crippen MR) is 82.7 cm³/mol. The zero-order valence-electron chi connectivity index (χ0n) is 13.2. The number of methoxy groups -OCH3 is 2. The van der Waals surface area contributed by atoms with Crippen molar-refractivity contribution < 1.29 is 9.47 Å². The molecule has 0 spiro atoms. The first-order chi connectivity index (χ1) is 10.2. The van der Waals surface area contributed by atoms with Crippen LogP contribution in [0.15, 0.2) is 12.3 Å². The average molecular weight is 294 g/mol. The summed E-state index contributed by atoms with van der Waals surface area (Å²) in [6, 6.07) is 2.28. The lowest BCUT2D eigenvalue weighted by Gasteiger charge is -2.37. The summed E-state index contributed by atoms with van der Waals surface area (Å²) in [6.45, 7) is 7.81. The van der Waals surface area contributed by atoms with Crippen molar-refractivity contribution in [3.05, 3.63) is 18.0 Å². The van der Waals surface area contributed by atoms with Gasteiger partial charge >= 0.3 is 0 Å². The maximum atomic E-state index is 5.74. The maximum Gasteiger partial charge on any atom is 0.183 e. The van der Waals surface area contributed by atoms with Crippen LogP contribution in [0.2, 0.25) is 0 Å². The summed E-state index contributed by atoms with van der Waals surface area (Å²) in [5.74, 6) is 1.47. The Hall–Kier alpha value is -1.37. The van der Waals surface area contributed by atoms with Crippen LogP contribution in [0.4, 0.5) is 0 Å². The van der Waals surface area contributed by atoms with Crippen molar-refractivity contribution in [3.8, 4) is 11.5 Å². The highest BCUT2D eigenvalue weighted by molar-refractivity contribution is 5.42. The van der Waals surface area contributed by atoms with Gasteiger partial charge in [0.2, 0.25) is 0 Å². The molecule has 1 aromatic heterocycles. The Morgan fingerprint density at radius 1 is 1.24 bits per heavy atom. The van der Waals surface area contributed by atoms with Gasteiger partial charge in [0.15, 0.2) is 11.5 Å². The third kappa shape index (κ3) is 3.84. The minimum absolute atomic E-state index is 0.455. The normalized spacial score (nSPS) is 18.5. The molecule has 6 heteroatoms. The van der Waals surface area contributed by atoms with Gasteiger partial charge in [-0.15, -0.1) is 0 Å². The number of ether oxygens (including phenoxy) is 2. The number of hydrogen-bond acceptors (Lipinski definition) is 6. The molecule has 1 atom stereocenters. The van der Waals surface area contributed by atoms with E-state index in [1.54, 1.807) is 20.4 Å². The first-order valence-corrected chi connectivity index (χ1v) is 7.42. The van der Waals surface area contributed by atoms with Gasteiger partial charge in [0.05, 0.1) is 14.2 Å². The standard InChI is InChI=1S/C15H26N4O2/c1-12(10-16)19-8-6-18(7-9-19)11-13-15(21-3)14(20-2)4-5-17-13/h4-5,12H,6-11,16H2,1-3H3. The molecule has 1 aliphatic heterocycles. The lowest BCUT2D eigenvalue weighted by Crippen LogP contribution is -2.51. The fourth-order valence-corrected chi connectivity index (χ4v) is 2.69. The van der Waals surface area contributed by atoms with Crippen LogP contribution in [0.25, 0.3) is 0 Å². The van der Waals surface area contributed by atoms with Gasteiger partial charge in [0.25, 0.3) is 0 Å². The number of rotatable bonds is 6. The van der Waals surface area contributed by atoms with Gasteiger partial charge in [0.1, 0.15) is 5.69 Å². The molecule has 0 saturated carbocycles. The zero-order chi connectivity index (χ0) is 15.2. The van der Waals surface area contributed by atoms with E-state index in [0.717, 1.165) is 49.9 Å². The highest BCUT2D eigenvalue weighted by atomic mass is 16.5. The van der Waals surface area contributed by atoms with Gasteiger partial charge < -0.3 is 15.2 Å². The fourth-order valence-electron chi connectivity index (χ4n) is 2.69. The van der Waals surface area contributed by atoms with Gasteiger partial charge in [0, 0.05) is 57.6 Å². The van der Waals surface area contributed by atoms with Crippen LogP contribution in [0.1, 0.15) is 12.6 Å². The van der Waals surface area contributed by atoms with Crippen LogP contribution in [0, 0.1) is 0 Å². The van der Waals surface area contributed by atoms with Crippen molar-refractivity contribution in [1.82, 2.24) is 14.8 Å². The quantitative estimate of drug-likeness (QED) is 0.827. The second-order valence-corrected chi connectivity index (χ2v) is 5.39. The third-order valence-electron chi connectivity index (χ3n) is 4.11. The topological polar surface area (TPSA) is 63.9 Å². The molecule has 0 aromatic carbocycles. The summed E-state index contributed by atoms with van der Waals surface area (Å²) >= 11 is 0. The Kier molecular flexibility index (Phi) is 5.78. The Morgan fingerprint density at radius 3 is 2.52 bits per heavy atom. The summed E-state index contributed by atoms with van der Waals surface area (Å²) < 4.78 is 10.8. The summed E-state index contributed by atoms with van der Waals surface area (Å²) in [5.41, 5.74) is 6.66. The smallest absolute Gasteiger partial charge is 0.183 e. The summed E-state index contributed by atoms with van der Waals surface area (Å²) in [7, 11) is 3.30. The molecular formula is C15H26N4O2. The van der Waals surface area contributed by atoms with Gasteiger partial charge in [-0.1, -0.05) is 0 Å². The van der Waals surface area contributed by atoms with Gasteiger partial charge in [-0.05, 0) is 6.92 Å². The van der Waals surface area contributed by atoms with Crippen molar-refractivity contribution in [2.24, 2.45) is 5.73 Å². The molecule has 0 aliphatic carbocycles. The molecule has 2 rings (SSSR count). The molecule has 1 aromatic rings. The van der Waals surface area contributed by atoms with E-state index in [9.17, 15) is 0 Å². The van der Waals surface area contributed by atoms with Crippen molar-refractivity contribution in [3.63, 3.8) is 0 Å². The lowest BCUT2D eigenvalue weighted by atomic mass is 10.2. The maximum absolute atomic E-state index is 5.74. The molecule has 0 bridgehead atoms. The number of nitrogens with two attached hydrogens (primary N) is 1. The minimum Gasteiger partial charge on any atom is -0.493 e. The molecule has 1 fully saturated rings. The van der Waals surface area contributed by atoms with E-state index in [0.29, 0.717) is 12.6 Å². The SMILES string of the molecule is COc1ccnc(CN2CCN(C(C)CN)CC2)c1OC. The summed E-state index contributed by atoms with van der Waals surface area (Å²) in [6.07, 6.45) is 1.77. The highest BCUT2D eigenvalue weighted by Gasteiger charge is 2.22. The number of pyridine rings is 1. The van der Waals surface area contributed by atoms with Gasteiger partial charge in [-0.2, -0.15) is 0 Å². The molecule has 0 amide bonds. The monoisotopic (exact) mass is 294 g/mol. The Bertz CT molecular complexity index is 447. The molecular weight excluding hydrogens is 268 g/mol. The minimum atomic E-state index is 0.455. The lowest BCUT2D eigenvalue weighted by molar-refractivity contribution is 0.0989. The van der Waals surface area contributed by atoms with E-state index in [-0.39, 0.29) is 0 Å². The fraction of sp³-hybridized carbons (Fsp3) is 0.667. The van der Waals surface area contributed by atoms with E-state index in [1.807, 2.05) is 6.07 Å². The van der Waals surface area contributed by atoms with Crippen molar-refractivity contribution >= 4 is 0 Å². The van der Waals surface area contributed by atoms with E-state index in [2.05, 4.69) is 21.7 Å². The number of hydrogen-bond donors (Lipinski definition) is 1. The number of aromatic nitrogens is 1. The Morgan fingerprint density at radius 2 is 1.95 bits per heavy atom. The van der Waals surface area contributed by atoms with Crippen molar-refractivity contribution in [2.75, 3.05) is 46.9 Å². The molecule has 0 radical (unpaired) electrons. The second kappa shape index (κ2) is 7.59. The molecule has 118 valence electrons. The summed E-state index contributed by atoms with van der Waals surface area (Å²) in [5, 5.41) is 0. The van der Waals surface area contributed by atoms with Gasteiger partial charge in [-0.3, -0.25) is 14.8 Å². The van der Waals surface area contributed by atoms with Crippen molar-refractivity contribution in [2.45, 2.75) is 19.5 Å². The summed E-state index contributed by atoms with van der Waals surface area (Å²) in [4.78, 5) is 9.27. The van der Waals surface area contributed by atoms with Gasteiger partial charge in [-0.25, -0.2) is 0 Å². The van der Waals surface area contributed by atoms with Crippen LogP contribution in [0.3, 0.4) is 0 Å². The largest absolute Gasteiger partial charge is 0.493 e. The van der Waals surface area contributed by atoms with Crippen molar-refractivity contribution in [1.29, 1.82) is 0 Å². The first-order valence-electron chi connectivity index (χ1n) is 7.42. The van der Waals surface area contributed by atoms with Crippen LogP contribution in [-0.2, 0) is 6.54 Å². The third-order valence-corrected chi connectivity index (χ3v) is 4.11. The molecule has 1 aliphatic rings. The van der Waals surface area contributed by atoms with E-state index < -0.39 is 0 Å². The molecule has 1 unspecified atom stereocenters. The number of nitrogens with zero attached hydrogens (tertiary/aromatic N) is 3. The van der Waals surface area contributed by atoms with Crippen LogP contribution in [0.5, 0.6) is 11.5 Å². The predicted octanol–water partition coefficient (Wildman–Crippen LogP) is 0.564. The first kappa shape index (κ1) is 16.0. The average Bonchev–Trinajstić information content (AvgIpc) is 2.54. The number of piperazine rings is 1. The molecule has 21 heavy (non-hydrogen) atoms. The molecule has 2 N–H and O–H groups in total. The Labute approximate surface area is 126 Å². The zero-order valence-corrected chi connectivity index (χ0v) is 13.2. The highest BCUT2D eigenvalue weighted by Crippen LogP contribution is 2.29. The molecule has 1 saturated heterocycles. The second-order valence-electron chi connectivity index (χ2n) is 5.39. The molecule has 2 heterocycles. The van der Waals surface area contributed by atoms with E-state index >= 15 is 0 Å². The van der Waals surface area contributed by atoms with E-state index in [1.165, 1.54) is 0 Å². The Balaban J connectivity index is 1.98. The van der Waals surface area contributed by atoms with Crippen LogP contribution >= 0.6 is 0 Å². The van der Waals surface area contributed by atoms with Crippen LogP contribution < -0.4 is 15.2 Å². The van der Waals surface area contributed by atoms with E-state index in [4.69, 9.17) is 15.2 Å².